The zero-order valence-corrected chi connectivity index (χ0v) is 19.1. The Labute approximate surface area is 204 Å². The summed E-state index contributed by atoms with van der Waals surface area (Å²) in [7, 11) is 1.53. The zero-order valence-electron chi connectivity index (χ0n) is 18.4. The van der Waals surface area contributed by atoms with Gasteiger partial charge in [-0.15, -0.1) is 0 Å². The van der Waals surface area contributed by atoms with Crippen molar-refractivity contribution >= 4 is 23.2 Å². The van der Waals surface area contributed by atoms with E-state index in [1.165, 1.54) is 13.2 Å². The van der Waals surface area contributed by atoms with Crippen molar-refractivity contribution < 1.29 is 22.7 Å². The second-order valence-corrected chi connectivity index (χ2v) is 8.69. The fraction of sp³-hybridized carbons (Fsp3) is 0.200. The molecule has 3 atom stereocenters. The minimum Gasteiger partial charge on any atom is -0.481 e. The number of methoxy groups -OCH3 is 1. The van der Waals surface area contributed by atoms with E-state index in [9.17, 15) is 18.0 Å². The largest absolute Gasteiger partial charge is 0.481 e. The van der Waals surface area contributed by atoms with Gasteiger partial charge in [0.2, 0.25) is 5.88 Å². The molecule has 1 fully saturated rings. The van der Waals surface area contributed by atoms with Crippen molar-refractivity contribution in [1.82, 2.24) is 20.7 Å². The van der Waals surface area contributed by atoms with Gasteiger partial charge < -0.3 is 10.1 Å². The Morgan fingerprint density at radius 2 is 1.77 bits per heavy atom. The van der Waals surface area contributed by atoms with Crippen LogP contribution < -0.4 is 15.5 Å². The molecule has 0 saturated carbocycles. The Bertz CT molecular complexity index is 1280. The summed E-state index contributed by atoms with van der Waals surface area (Å²) in [6.45, 7) is 0. The summed E-state index contributed by atoms with van der Waals surface area (Å²) in [6, 6.07) is 15.2. The van der Waals surface area contributed by atoms with Crippen LogP contribution >= 0.6 is 11.6 Å². The number of alkyl halides is 3. The minimum atomic E-state index is -4.58. The van der Waals surface area contributed by atoms with Gasteiger partial charge in [-0.2, -0.15) is 13.2 Å². The van der Waals surface area contributed by atoms with Gasteiger partial charge in [0, 0.05) is 34.6 Å². The number of benzene rings is 2. The van der Waals surface area contributed by atoms with E-state index in [2.05, 4.69) is 15.7 Å². The maximum absolute atomic E-state index is 14.0. The van der Waals surface area contributed by atoms with E-state index in [1.807, 2.05) is 24.3 Å². The van der Waals surface area contributed by atoms with Crippen molar-refractivity contribution in [3.8, 4) is 17.0 Å². The number of pyridine rings is 1. The Morgan fingerprint density at radius 1 is 1.03 bits per heavy atom. The van der Waals surface area contributed by atoms with Crippen LogP contribution in [-0.4, -0.2) is 41.4 Å². The van der Waals surface area contributed by atoms with Gasteiger partial charge in [-0.3, -0.25) is 9.80 Å². The van der Waals surface area contributed by atoms with E-state index in [0.717, 1.165) is 16.1 Å². The number of hydrogen-bond donors (Lipinski definition) is 2. The average molecular weight is 501 g/mol. The van der Waals surface area contributed by atoms with Crippen molar-refractivity contribution in [3.05, 3.63) is 89.1 Å². The third kappa shape index (κ3) is 4.44. The molecule has 2 aliphatic rings. The average Bonchev–Trinajstić information content (AvgIpc) is 3.26. The normalized spacial score (nSPS) is 21.9. The van der Waals surface area contributed by atoms with E-state index in [-0.39, 0.29) is 0 Å². The van der Waals surface area contributed by atoms with E-state index in [1.54, 1.807) is 42.6 Å². The van der Waals surface area contributed by atoms with Crippen molar-refractivity contribution in [2.24, 2.45) is 0 Å². The van der Waals surface area contributed by atoms with Crippen LogP contribution in [-0.2, 0) is 4.79 Å². The molecule has 180 valence electrons. The summed E-state index contributed by atoms with van der Waals surface area (Å²) in [4.78, 5) is 17.1. The number of hydrogen-bond acceptors (Lipinski definition) is 5. The molecule has 1 amide bonds. The first-order valence-electron chi connectivity index (χ1n) is 10.8. The molecule has 0 radical (unpaired) electrons. The first-order chi connectivity index (χ1) is 16.7. The smallest absolute Gasteiger partial charge is 0.406 e. The van der Waals surface area contributed by atoms with Crippen molar-refractivity contribution in [1.29, 1.82) is 0 Å². The van der Waals surface area contributed by atoms with Gasteiger partial charge in [0.25, 0.3) is 5.91 Å². The maximum atomic E-state index is 14.0. The Kier molecular flexibility index (Phi) is 5.90. The van der Waals surface area contributed by atoms with Crippen LogP contribution in [0.5, 0.6) is 5.88 Å². The fourth-order valence-corrected chi connectivity index (χ4v) is 4.57. The highest BCUT2D eigenvalue weighted by atomic mass is 35.5. The van der Waals surface area contributed by atoms with Crippen molar-refractivity contribution in [2.75, 3.05) is 7.11 Å². The molecule has 6 nitrogen and oxygen atoms in total. The molecule has 0 bridgehead atoms. The van der Waals surface area contributed by atoms with Gasteiger partial charge in [0.15, 0.2) is 0 Å². The number of nitrogens with zero attached hydrogens (tertiary/aromatic N) is 2. The first kappa shape index (κ1) is 23.2. The predicted molar refractivity (Wildman–Crippen MR) is 125 cm³/mol. The van der Waals surface area contributed by atoms with Gasteiger partial charge >= 0.3 is 6.18 Å². The molecule has 3 unspecified atom stereocenters. The molecule has 0 aliphatic carbocycles. The van der Waals surface area contributed by atoms with Crippen LogP contribution in [0, 0.1) is 0 Å². The number of fused-ring (bicyclic) bond motifs is 1. The standard InChI is InChI=1S/C25H20ClF3N4O2/c1-35-20-10-7-17(13-30-20)15-3-2-4-16(11-15)19-12-21(34)33-24(31-19)22(23(32-33)25(27,28)29)14-5-8-18(26)9-6-14/h2-13,22-24,31-32H,1H3. The molecule has 2 aromatic carbocycles. The summed E-state index contributed by atoms with van der Waals surface area (Å²) in [6.07, 6.45) is -2.57. The van der Waals surface area contributed by atoms with Crippen LogP contribution in [0.2, 0.25) is 5.02 Å². The van der Waals surface area contributed by atoms with Crippen LogP contribution in [0.4, 0.5) is 13.2 Å². The number of rotatable bonds is 4. The molecule has 10 heteroatoms. The fourth-order valence-electron chi connectivity index (χ4n) is 4.44. The molecule has 3 aromatic rings. The van der Waals surface area contributed by atoms with Crippen molar-refractivity contribution in [3.63, 3.8) is 0 Å². The summed E-state index contributed by atoms with van der Waals surface area (Å²) in [5.41, 5.74) is 5.54. The van der Waals surface area contributed by atoms with Crippen molar-refractivity contribution in [2.45, 2.75) is 24.3 Å². The van der Waals surface area contributed by atoms with Crippen LogP contribution in [0.15, 0.2) is 72.9 Å². The monoisotopic (exact) mass is 500 g/mol. The molecule has 35 heavy (non-hydrogen) atoms. The molecule has 0 spiro atoms. The molecule has 2 aliphatic heterocycles. The predicted octanol–water partition coefficient (Wildman–Crippen LogP) is 4.74. The number of aromatic nitrogens is 1. The highest BCUT2D eigenvalue weighted by Gasteiger charge is 2.57. The van der Waals surface area contributed by atoms with Gasteiger partial charge in [0.05, 0.1) is 13.0 Å². The molecular weight excluding hydrogens is 481 g/mol. The number of carbonyl (C=O) groups is 1. The Balaban J connectivity index is 1.49. The summed E-state index contributed by atoms with van der Waals surface area (Å²) < 4.78 is 47.0. The molecule has 1 saturated heterocycles. The van der Waals surface area contributed by atoms with Gasteiger partial charge in [-0.1, -0.05) is 41.9 Å². The van der Waals surface area contributed by atoms with Gasteiger partial charge in [-0.05, 0) is 41.0 Å². The second-order valence-electron chi connectivity index (χ2n) is 8.25. The first-order valence-corrected chi connectivity index (χ1v) is 11.1. The SMILES string of the molecule is COc1ccc(-c2cccc(C3=CC(=O)N4NC(C(F)(F)F)C(c5ccc(Cl)cc5)C4N3)c2)cn1. The lowest BCUT2D eigenvalue weighted by Gasteiger charge is -2.33. The lowest BCUT2D eigenvalue weighted by molar-refractivity contribution is -0.161. The van der Waals surface area contributed by atoms with E-state index >= 15 is 0 Å². The quantitative estimate of drug-likeness (QED) is 0.541. The highest BCUT2D eigenvalue weighted by molar-refractivity contribution is 6.30. The van der Waals surface area contributed by atoms with Crippen LogP contribution in [0.25, 0.3) is 16.8 Å². The topological polar surface area (TPSA) is 66.5 Å². The zero-order chi connectivity index (χ0) is 24.7. The highest BCUT2D eigenvalue weighted by Crippen LogP contribution is 2.41. The summed E-state index contributed by atoms with van der Waals surface area (Å²) in [5.74, 6) is -1.17. The summed E-state index contributed by atoms with van der Waals surface area (Å²) in [5, 5.41) is 4.59. The molecule has 3 heterocycles. The number of halogens is 4. The third-order valence-electron chi connectivity index (χ3n) is 6.12. The Morgan fingerprint density at radius 3 is 2.43 bits per heavy atom. The second kappa shape index (κ2) is 8.90. The lowest BCUT2D eigenvalue weighted by Crippen LogP contribution is -2.53. The van der Waals surface area contributed by atoms with E-state index in [4.69, 9.17) is 16.3 Å². The van der Waals surface area contributed by atoms with Crippen LogP contribution in [0.1, 0.15) is 17.0 Å². The number of hydrazine groups is 1. The summed E-state index contributed by atoms with van der Waals surface area (Å²) >= 11 is 5.95. The Hall–Kier alpha value is -3.56. The molecule has 5 rings (SSSR count). The van der Waals surface area contributed by atoms with Gasteiger partial charge in [-0.25, -0.2) is 10.4 Å². The molecule has 1 aromatic heterocycles. The number of ether oxygens (including phenoxy) is 1. The van der Waals surface area contributed by atoms with Crippen LogP contribution in [0.3, 0.4) is 0 Å². The third-order valence-corrected chi connectivity index (χ3v) is 6.38. The number of amides is 1. The van der Waals surface area contributed by atoms with E-state index in [0.29, 0.717) is 27.7 Å². The molecule has 2 N–H and O–H groups in total. The lowest BCUT2D eigenvalue weighted by atomic mass is 9.89. The van der Waals surface area contributed by atoms with E-state index < -0.39 is 30.2 Å². The molecular formula is C25H20ClF3N4O2. The van der Waals surface area contributed by atoms with Gasteiger partial charge in [0.1, 0.15) is 12.2 Å². The minimum absolute atomic E-state index is 0.413. The number of nitrogens with one attached hydrogen (secondary N) is 2. The maximum Gasteiger partial charge on any atom is 0.406 e. The number of carbonyl (C=O) groups excluding carboxylic acids is 1.